The van der Waals surface area contributed by atoms with Gasteiger partial charge < -0.3 is 14.9 Å². The number of fused-ring (bicyclic) bond motifs is 3. The number of rotatable bonds is 3. The van der Waals surface area contributed by atoms with Gasteiger partial charge in [0.05, 0.1) is 11.3 Å². The van der Waals surface area contributed by atoms with Gasteiger partial charge in [-0.05, 0) is 44.7 Å². The van der Waals surface area contributed by atoms with E-state index in [1.54, 1.807) is 36.1 Å². The Morgan fingerprint density at radius 1 is 1.21 bits per heavy atom. The lowest BCUT2D eigenvalue weighted by atomic mass is 9.97. The van der Waals surface area contributed by atoms with E-state index in [1.807, 2.05) is 0 Å². The number of likely N-dealkylation sites (tertiary alicyclic amines) is 1. The van der Waals surface area contributed by atoms with Crippen LogP contribution in [0.3, 0.4) is 0 Å². The van der Waals surface area contributed by atoms with Crippen molar-refractivity contribution in [1.82, 2.24) is 9.80 Å². The summed E-state index contributed by atoms with van der Waals surface area (Å²) >= 11 is 0. The average Bonchev–Trinajstić information content (AvgIpc) is 3.00. The third-order valence-electron chi connectivity index (χ3n) is 6.15. The molecule has 3 amide bonds. The van der Waals surface area contributed by atoms with Crippen LogP contribution in [0.25, 0.3) is 0 Å². The number of amides is 3. The van der Waals surface area contributed by atoms with Crippen LogP contribution in [0, 0.1) is 0 Å². The third kappa shape index (κ3) is 2.66. The number of anilines is 1. The smallest absolute Gasteiger partial charge is 0.326 e. The number of hydrogen-bond acceptors (Lipinski definition) is 4. The molecule has 3 aliphatic heterocycles. The quantitative estimate of drug-likeness (QED) is 0.849. The monoisotopic (exact) mass is 385 g/mol. The Balaban J connectivity index is 1.67. The van der Waals surface area contributed by atoms with E-state index in [0.717, 1.165) is 12.8 Å². The lowest BCUT2D eigenvalue weighted by Crippen LogP contribution is -2.64. The van der Waals surface area contributed by atoms with E-state index in [2.05, 4.69) is 0 Å². The Labute approximate surface area is 162 Å². The summed E-state index contributed by atoms with van der Waals surface area (Å²) in [4.78, 5) is 54.8. The van der Waals surface area contributed by atoms with E-state index in [0.29, 0.717) is 37.1 Å². The van der Waals surface area contributed by atoms with Crippen LogP contribution < -0.4 is 4.90 Å². The SMILES string of the molecule is CC12CCC(=O)N1c1ccccc1C(=O)N2CC(=O)N1CCCC[C@@H]1C(=O)O. The normalized spacial score (nSPS) is 26.9. The molecule has 1 N–H and O–H groups in total. The number of hydrogen-bond donors (Lipinski definition) is 1. The third-order valence-corrected chi connectivity index (χ3v) is 6.15. The molecule has 0 saturated carbocycles. The molecule has 3 aliphatic rings. The number of piperidine rings is 1. The lowest BCUT2D eigenvalue weighted by molar-refractivity contribution is -0.152. The van der Waals surface area contributed by atoms with E-state index < -0.39 is 17.7 Å². The van der Waals surface area contributed by atoms with Crippen molar-refractivity contribution in [3.8, 4) is 0 Å². The van der Waals surface area contributed by atoms with Gasteiger partial charge in [-0.25, -0.2) is 4.79 Å². The first kappa shape index (κ1) is 18.5. The summed E-state index contributed by atoms with van der Waals surface area (Å²) in [6, 6.07) is 6.05. The Hall–Kier alpha value is -2.90. The van der Waals surface area contributed by atoms with Gasteiger partial charge in [0, 0.05) is 13.0 Å². The van der Waals surface area contributed by atoms with Crippen LogP contribution in [0.2, 0.25) is 0 Å². The van der Waals surface area contributed by atoms with Crippen molar-refractivity contribution in [2.24, 2.45) is 0 Å². The van der Waals surface area contributed by atoms with E-state index in [4.69, 9.17) is 0 Å². The number of carbonyl (C=O) groups excluding carboxylic acids is 3. The molecule has 0 radical (unpaired) electrons. The summed E-state index contributed by atoms with van der Waals surface area (Å²) in [5, 5.41) is 9.45. The van der Waals surface area contributed by atoms with Gasteiger partial charge >= 0.3 is 5.97 Å². The first-order valence-corrected chi connectivity index (χ1v) is 9.61. The molecule has 8 nitrogen and oxygen atoms in total. The van der Waals surface area contributed by atoms with Crippen LogP contribution in [0.4, 0.5) is 5.69 Å². The minimum absolute atomic E-state index is 0.0821. The molecule has 2 saturated heterocycles. The largest absolute Gasteiger partial charge is 0.480 e. The molecular formula is C20H23N3O5. The van der Waals surface area contributed by atoms with Crippen LogP contribution >= 0.6 is 0 Å². The van der Waals surface area contributed by atoms with Crippen molar-refractivity contribution in [1.29, 1.82) is 0 Å². The Morgan fingerprint density at radius 2 is 1.96 bits per heavy atom. The predicted octanol–water partition coefficient (Wildman–Crippen LogP) is 1.45. The number of carboxylic acid groups (broad SMARTS) is 1. The van der Waals surface area contributed by atoms with Gasteiger partial charge in [-0.2, -0.15) is 0 Å². The standard InChI is InChI=1S/C20H23N3O5/c1-20-10-9-16(24)23(20)14-7-3-2-6-13(14)18(26)22(20)12-17(25)21-11-5-4-8-15(21)19(27)28/h2-3,6-7,15H,4-5,8-12H2,1H3,(H,27,28)/t15-,20?/m1/s1. The number of para-hydroxylation sites is 1. The molecule has 0 spiro atoms. The minimum Gasteiger partial charge on any atom is -0.480 e. The van der Waals surface area contributed by atoms with E-state index >= 15 is 0 Å². The zero-order chi connectivity index (χ0) is 20.1. The molecule has 148 valence electrons. The first-order chi connectivity index (χ1) is 13.3. The Bertz CT molecular complexity index is 869. The highest BCUT2D eigenvalue weighted by atomic mass is 16.4. The summed E-state index contributed by atoms with van der Waals surface area (Å²) in [7, 11) is 0. The van der Waals surface area contributed by atoms with Gasteiger partial charge in [0.1, 0.15) is 18.2 Å². The topological polar surface area (TPSA) is 98.2 Å². The van der Waals surface area contributed by atoms with Crippen LogP contribution in [0.5, 0.6) is 0 Å². The zero-order valence-corrected chi connectivity index (χ0v) is 15.8. The fourth-order valence-corrected chi connectivity index (χ4v) is 4.65. The summed E-state index contributed by atoms with van der Waals surface area (Å²) in [5.74, 6) is -1.80. The summed E-state index contributed by atoms with van der Waals surface area (Å²) in [5.41, 5.74) is 0.0335. The van der Waals surface area contributed by atoms with E-state index in [-0.39, 0.29) is 24.3 Å². The maximum atomic E-state index is 13.2. The average molecular weight is 385 g/mol. The van der Waals surface area contributed by atoms with Gasteiger partial charge in [0.25, 0.3) is 5.91 Å². The van der Waals surface area contributed by atoms with Crippen molar-refractivity contribution in [3.05, 3.63) is 29.8 Å². The molecule has 0 bridgehead atoms. The molecule has 1 aromatic rings. The predicted molar refractivity (Wildman–Crippen MR) is 99.6 cm³/mol. The molecule has 2 fully saturated rings. The van der Waals surface area contributed by atoms with Gasteiger partial charge in [-0.3, -0.25) is 19.3 Å². The first-order valence-electron chi connectivity index (χ1n) is 9.61. The Morgan fingerprint density at radius 3 is 2.71 bits per heavy atom. The van der Waals surface area contributed by atoms with Crippen LogP contribution in [-0.4, -0.2) is 63.4 Å². The number of carboxylic acids is 1. The molecule has 4 rings (SSSR count). The maximum Gasteiger partial charge on any atom is 0.326 e. The van der Waals surface area contributed by atoms with Gasteiger partial charge in [0.2, 0.25) is 11.8 Å². The van der Waals surface area contributed by atoms with Crippen molar-refractivity contribution in [3.63, 3.8) is 0 Å². The van der Waals surface area contributed by atoms with Crippen LogP contribution in [0.1, 0.15) is 49.4 Å². The number of carbonyl (C=O) groups is 4. The highest BCUT2D eigenvalue weighted by Crippen LogP contribution is 2.43. The summed E-state index contributed by atoms with van der Waals surface area (Å²) in [6.45, 7) is 1.93. The molecule has 3 heterocycles. The van der Waals surface area contributed by atoms with Gasteiger partial charge in [0.15, 0.2) is 0 Å². The summed E-state index contributed by atoms with van der Waals surface area (Å²) in [6.07, 6.45) is 2.65. The zero-order valence-electron chi connectivity index (χ0n) is 15.8. The molecule has 1 aromatic carbocycles. The molecule has 0 aliphatic carbocycles. The van der Waals surface area contributed by atoms with Crippen LogP contribution in [-0.2, 0) is 14.4 Å². The second-order valence-electron chi connectivity index (χ2n) is 7.79. The lowest BCUT2D eigenvalue weighted by Gasteiger charge is -2.49. The van der Waals surface area contributed by atoms with Crippen molar-refractivity contribution in [2.75, 3.05) is 18.0 Å². The highest BCUT2D eigenvalue weighted by Gasteiger charge is 2.53. The molecule has 8 heteroatoms. The Kier molecular flexibility index (Phi) is 4.36. The minimum atomic E-state index is -1.02. The molecule has 2 atom stereocenters. The van der Waals surface area contributed by atoms with Crippen LogP contribution in [0.15, 0.2) is 24.3 Å². The fraction of sp³-hybridized carbons (Fsp3) is 0.500. The second kappa shape index (κ2) is 6.61. The molecule has 0 aromatic heterocycles. The molecular weight excluding hydrogens is 362 g/mol. The second-order valence-corrected chi connectivity index (χ2v) is 7.79. The summed E-state index contributed by atoms with van der Waals surface area (Å²) < 4.78 is 0. The fourth-order valence-electron chi connectivity index (χ4n) is 4.65. The maximum absolute atomic E-state index is 13.2. The van der Waals surface area contributed by atoms with Crippen molar-refractivity contribution in [2.45, 2.75) is 50.7 Å². The number of aliphatic carboxylic acids is 1. The highest BCUT2D eigenvalue weighted by molar-refractivity contribution is 6.11. The number of benzene rings is 1. The van der Waals surface area contributed by atoms with Crippen molar-refractivity contribution < 1.29 is 24.3 Å². The van der Waals surface area contributed by atoms with Crippen molar-refractivity contribution >= 4 is 29.4 Å². The van der Waals surface area contributed by atoms with E-state index in [9.17, 15) is 24.3 Å². The molecule has 28 heavy (non-hydrogen) atoms. The van der Waals surface area contributed by atoms with Gasteiger partial charge in [-0.1, -0.05) is 12.1 Å². The van der Waals surface area contributed by atoms with Gasteiger partial charge in [-0.15, -0.1) is 0 Å². The molecule has 1 unspecified atom stereocenters. The number of nitrogens with zero attached hydrogens (tertiary/aromatic N) is 3. The van der Waals surface area contributed by atoms with E-state index in [1.165, 1.54) is 9.80 Å².